The maximum atomic E-state index is 12.9. The molecule has 30 heavy (non-hydrogen) atoms. The van der Waals surface area contributed by atoms with Crippen LogP contribution < -0.4 is 9.47 Å². The van der Waals surface area contributed by atoms with Crippen molar-refractivity contribution in [1.29, 1.82) is 0 Å². The minimum absolute atomic E-state index is 0.000792. The van der Waals surface area contributed by atoms with Gasteiger partial charge in [-0.05, 0) is 42.1 Å². The van der Waals surface area contributed by atoms with E-state index in [2.05, 4.69) is 11.0 Å². The number of carbonyl (C=O) groups excluding carboxylic acids is 1. The number of benzene rings is 1. The number of halogens is 1. The number of thiophene rings is 1. The van der Waals surface area contributed by atoms with E-state index < -0.39 is 10.0 Å². The van der Waals surface area contributed by atoms with E-state index in [0.29, 0.717) is 26.3 Å². The maximum absolute atomic E-state index is 12.9. The van der Waals surface area contributed by atoms with E-state index in [9.17, 15) is 13.2 Å². The molecule has 1 aromatic carbocycles. The number of ether oxygens (including phenoxy) is 2. The average molecular weight is 485 g/mol. The largest absolute Gasteiger partial charge is 0.497 e. The van der Waals surface area contributed by atoms with Crippen LogP contribution in [-0.4, -0.2) is 45.2 Å². The lowest BCUT2D eigenvalue weighted by atomic mass is 10.1. The van der Waals surface area contributed by atoms with Crippen molar-refractivity contribution in [2.75, 3.05) is 20.8 Å². The van der Waals surface area contributed by atoms with E-state index in [4.69, 9.17) is 21.1 Å². The van der Waals surface area contributed by atoms with Crippen molar-refractivity contribution in [3.63, 3.8) is 0 Å². The van der Waals surface area contributed by atoms with Crippen LogP contribution in [0.4, 0.5) is 0 Å². The van der Waals surface area contributed by atoms with Gasteiger partial charge in [0.2, 0.25) is 0 Å². The number of amidine groups is 1. The Hall–Kier alpha value is -2.27. The third-order valence-corrected chi connectivity index (χ3v) is 8.02. The molecule has 1 aromatic heterocycles. The molecule has 1 amide bonds. The quantitative estimate of drug-likeness (QED) is 0.431. The van der Waals surface area contributed by atoms with Crippen LogP contribution in [0.3, 0.4) is 0 Å². The highest BCUT2D eigenvalue weighted by Crippen LogP contribution is 2.36. The highest BCUT2D eigenvalue weighted by molar-refractivity contribution is 8.19. The van der Waals surface area contributed by atoms with Crippen LogP contribution in [0.25, 0.3) is 6.08 Å². The predicted octanol–water partition coefficient (Wildman–Crippen LogP) is 4.27. The molecule has 0 unspecified atom stereocenters. The number of nitrogens with zero attached hydrogens (tertiary/aromatic N) is 2. The summed E-state index contributed by atoms with van der Waals surface area (Å²) in [5.41, 5.74) is 0.641. The average Bonchev–Trinajstić information content (AvgIpc) is 3.28. The Bertz CT molecular complexity index is 1150. The van der Waals surface area contributed by atoms with Crippen LogP contribution in [-0.2, 0) is 14.8 Å². The van der Waals surface area contributed by atoms with Crippen molar-refractivity contribution in [3.8, 4) is 11.5 Å². The van der Waals surface area contributed by atoms with Gasteiger partial charge in [-0.1, -0.05) is 17.7 Å². The lowest BCUT2D eigenvalue weighted by Crippen LogP contribution is -2.29. The summed E-state index contributed by atoms with van der Waals surface area (Å²) < 4.78 is 40.0. The van der Waals surface area contributed by atoms with Crippen molar-refractivity contribution >= 4 is 61.9 Å². The molecule has 11 heteroatoms. The maximum Gasteiger partial charge on any atom is 0.294 e. The van der Waals surface area contributed by atoms with Gasteiger partial charge in [-0.3, -0.25) is 9.69 Å². The number of carbonyl (C=O) groups is 1. The smallest absolute Gasteiger partial charge is 0.294 e. The second-order valence-electron chi connectivity index (χ2n) is 5.83. The SMILES string of the molecule is C=CCN1C(=O)/C(=C/c2ccc(OC)cc2OC)S/C1=N/S(=O)(=O)c1ccc(Cl)s1. The molecule has 0 bridgehead atoms. The summed E-state index contributed by atoms with van der Waals surface area (Å²) in [4.78, 5) is 14.4. The van der Waals surface area contributed by atoms with Crippen LogP contribution in [0.5, 0.6) is 11.5 Å². The summed E-state index contributed by atoms with van der Waals surface area (Å²) in [5, 5.41) is 0.0446. The van der Waals surface area contributed by atoms with Gasteiger partial charge < -0.3 is 9.47 Å². The molecule has 0 N–H and O–H groups in total. The van der Waals surface area contributed by atoms with Gasteiger partial charge in [0.25, 0.3) is 15.9 Å². The molecule has 0 spiro atoms. The standard InChI is InChI=1S/C19H17ClN2O5S3/c1-4-9-22-18(23)15(10-12-5-6-13(26-2)11-14(12)27-3)28-19(22)21-30(24,25)17-8-7-16(20)29-17/h4-8,10-11H,1,9H2,2-3H3/b15-10-,21-19+. The van der Waals surface area contributed by atoms with Gasteiger partial charge in [0.1, 0.15) is 15.7 Å². The van der Waals surface area contributed by atoms with E-state index in [1.54, 1.807) is 31.4 Å². The number of methoxy groups -OCH3 is 2. The fraction of sp³-hybridized carbons (Fsp3) is 0.158. The lowest BCUT2D eigenvalue weighted by Gasteiger charge is -2.12. The Kier molecular flexibility index (Phi) is 6.91. The number of thioether (sulfide) groups is 1. The molecular weight excluding hydrogens is 468 g/mol. The molecule has 1 aliphatic rings. The zero-order chi connectivity index (χ0) is 21.9. The topological polar surface area (TPSA) is 85.3 Å². The van der Waals surface area contributed by atoms with Crippen molar-refractivity contribution < 1.29 is 22.7 Å². The first kappa shape index (κ1) is 22.4. The molecule has 0 radical (unpaired) electrons. The molecular formula is C19H17ClN2O5S3. The summed E-state index contributed by atoms with van der Waals surface area (Å²) in [6, 6.07) is 8.04. The van der Waals surface area contributed by atoms with Crippen molar-refractivity contribution in [1.82, 2.24) is 4.90 Å². The van der Waals surface area contributed by atoms with Gasteiger partial charge in [-0.2, -0.15) is 8.42 Å². The summed E-state index contributed by atoms with van der Waals surface area (Å²) in [6.45, 7) is 3.74. The Morgan fingerprint density at radius 2 is 2.00 bits per heavy atom. The van der Waals surface area contributed by atoms with Gasteiger partial charge in [-0.15, -0.1) is 22.3 Å². The van der Waals surface area contributed by atoms with Crippen LogP contribution in [0, 0.1) is 0 Å². The van der Waals surface area contributed by atoms with E-state index in [1.165, 1.54) is 30.2 Å². The van der Waals surface area contributed by atoms with Crippen molar-refractivity contribution in [3.05, 3.63) is 57.8 Å². The minimum atomic E-state index is -4.01. The molecule has 2 aromatic rings. The molecule has 2 heterocycles. The van der Waals surface area contributed by atoms with E-state index >= 15 is 0 Å². The fourth-order valence-corrected chi connectivity index (χ4v) is 6.17. The molecule has 1 saturated heterocycles. The van der Waals surface area contributed by atoms with Crippen LogP contribution in [0.2, 0.25) is 4.34 Å². The van der Waals surface area contributed by atoms with E-state index in [1.807, 2.05) is 0 Å². The van der Waals surface area contributed by atoms with E-state index in [-0.39, 0.29) is 21.8 Å². The summed E-state index contributed by atoms with van der Waals surface area (Å²) in [5.74, 6) is 0.739. The third kappa shape index (κ3) is 4.72. The summed E-state index contributed by atoms with van der Waals surface area (Å²) >= 11 is 7.71. The number of hydrogen-bond acceptors (Lipinski definition) is 7. The van der Waals surface area contributed by atoms with Crippen molar-refractivity contribution in [2.45, 2.75) is 4.21 Å². The number of rotatable bonds is 7. The first-order valence-corrected chi connectivity index (χ1v) is 11.9. The Balaban J connectivity index is 2.01. The van der Waals surface area contributed by atoms with E-state index in [0.717, 1.165) is 23.1 Å². The highest BCUT2D eigenvalue weighted by atomic mass is 35.5. The third-order valence-electron chi connectivity index (χ3n) is 3.93. The van der Waals surface area contributed by atoms with Gasteiger partial charge >= 0.3 is 0 Å². The van der Waals surface area contributed by atoms with Gasteiger partial charge in [0.05, 0.1) is 23.5 Å². The Morgan fingerprint density at radius 1 is 1.23 bits per heavy atom. The molecule has 7 nitrogen and oxygen atoms in total. The first-order valence-electron chi connectivity index (χ1n) is 8.43. The molecule has 1 fully saturated rings. The van der Waals surface area contributed by atoms with Crippen molar-refractivity contribution in [2.24, 2.45) is 4.40 Å². The molecule has 1 aliphatic heterocycles. The molecule has 0 saturated carbocycles. The van der Waals surface area contributed by atoms with Gasteiger partial charge in [0, 0.05) is 18.2 Å². The Morgan fingerprint density at radius 3 is 2.60 bits per heavy atom. The van der Waals surface area contributed by atoms with Crippen LogP contribution >= 0.6 is 34.7 Å². The van der Waals surface area contributed by atoms with Crippen LogP contribution in [0.15, 0.2) is 56.5 Å². The van der Waals surface area contributed by atoms with Gasteiger partial charge in [0.15, 0.2) is 5.17 Å². The van der Waals surface area contributed by atoms with Gasteiger partial charge in [-0.25, -0.2) is 0 Å². The zero-order valence-corrected chi connectivity index (χ0v) is 19.2. The number of hydrogen-bond donors (Lipinski definition) is 0. The predicted molar refractivity (Wildman–Crippen MR) is 121 cm³/mol. The highest BCUT2D eigenvalue weighted by Gasteiger charge is 2.34. The second kappa shape index (κ2) is 9.25. The minimum Gasteiger partial charge on any atom is -0.497 e. The fourth-order valence-electron chi connectivity index (χ4n) is 2.53. The number of amides is 1. The molecule has 0 aliphatic carbocycles. The molecule has 0 atom stereocenters. The first-order chi connectivity index (χ1) is 14.3. The molecule has 3 rings (SSSR count). The van der Waals surface area contributed by atoms with Crippen LogP contribution in [0.1, 0.15) is 5.56 Å². The molecule has 158 valence electrons. The lowest BCUT2D eigenvalue weighted by molar-refractivity contribution is -0.121. The Labute approximate surface area is 187 Å². The zero-order valence-electron chi connectivity index (χ0n) is 16.0. The monoisotopic (exact) mass is 484 g/mol. The summed E-state index contributed by atoms with van der Waals surface area (Å²) in [7, 11) is -0.959. The second-order valence-corrected chi connectivity index (χ2v) is 10.4. The normalized spacial score (nSPS) is 17.0. The number of sulfonamides is 1. The summed E-state index contributed by atoms with van der Waals surface area (Å²) in [6.07, 6.45) is 3.12.